The van der Waals surface area contributed by atoms with Crippen LogP contribution in [0.15, 0.2) is 66.7 Å². The molecule has 3 aromatic rings. The molecule has 172 valence electrons. The quantitative estimate of drug-likeness (QED) is 0.394. The van der Waals surface area contributed by atoms with Crippen molar-refractivity contribution in [3.05, 3.63) is 83.4 Å². The molecule has 2 N–H and O–H groups in total. The lowest BCUT2D eigenvalue weighted by molar-refractivity contribution is 0.0984. The summed E-state index contributed by atoms with van der Waals surface area (Å²) in [6, 6.07) is 23.2. The number of anilines is 1. The van der Waals surface area contributed by atoms with Crippen LogP contribution in [0.25, 0.3) is 11.1 Å². The lowest BCUT2D eigenvalue weighted by Gasteiger charge is -2.41. The molecule has 1 unspecified atom stereocenters. The van der Waals surface area contributed by atoms with E-state index < -0.39 is 0 Å². The van der Waals surface area contributed by atoms with Gasteiger partial charge in [0.2, 0.25) is 0 Å². The van der Waals surface area contributed by atoms with Gasteiger partial charge in [-0.25, -0.2) is 0 Å². The Bertz CT molecular complexity index is 1140. The van der Waals surface area contributed by atoms with Crippen LogP contribution in [0, 0.1) is 5.41 Å². The molecule has 3 aromatic carbocycles. The Kier molecular flexibility index (Phi) is 6.71. The molecule has 33 heavy (non-hydrogen) atoms. The summed E-state index contributed by atoms with van der Waals surface area (Å²) in [4.78, 5) is 12.3. The molecule has 4 rings (SSSR count). The first-order valence-electron chi connectivity index (χ1n) is 11.4. The number of rotatable bonds is 6. The molecular weight excluding hydrogens is 428 g/mol. The van der Waals surface area contributed by atoms with Crippen LogP contribution in [-0.4, -0.2) is 18.3 Å². The zero-order chi connectivity index (χ0) is 23.6. The molecule has 0 bridgehead atoms. The summed E-state index contributed by atoms with van der Waals surface area (Å²) in [6.07, 6.45) is 2.91. The first-order chi connectivity index (χ1) is 15.8. The third-order valence-corrected chi connectivity index (χ3v) is 6.46. The van der Waals surface area contributed by atoms with Crippen molar-refractivity contribution in [2.24, 2.45) is 5.41 Å². The number of carbonyl (C=O) groups excluding carboxylic acids is 1. The Morgan fingerprint density at radius 1 is 1.06 bits per heavy atom. The predicted octanol–water partition coefficient (Wildman–Crippen LogP) is 6.88. The van der Waals surface area contributed by atoms with Crippen molar-refractivity contribution in [2.45, 2.75) is 46.3 Å². The van der Waals surface area contributed by atoms with Crippen LogP contribution in [-0.2, 0) is 6.42 Å². The minimum Gasteiger partial charge on any atom is -0.491 e. The lowest BCUT2D eigenvalue weighted by atomic mass is 9.72. The molecule has 0 fully saturated rings. The van der Waals surface area contributed by atoms with Crippen molar-refractivity contribution in [3.63, 3.8) is 0 Å². The van der Waals surface area contributed by atoms with Crippen LogP contribution >= 0.6 is 11.9 Å². The van der Waals surface area contributed by atoms with E-state index in [9.17, 15) is 4.79 Å². The summed E-state index contributed by atoms with van der Waals surface area (Å²) >= 11 is 1.32. The van der Waals surface area contributed by atoms with Gasteiger partial charge in [0.1, 0.15) is 5.75 Å². The minimum absolute atomic E-state index is 0.0187. The van der Waals surface area contributed by atoms with E-state index >= 15 is 0 Å². The lowest BCUT2D eigenvalue weighted by Crippen LogP contribution is -2.35. The zero-order valence-electron chi connectivity index (χ0n) is 19.9. The van der Waals surface area contributed by atoms with E-state index in [1.165, 1.54) is 34.2 Å². The average molecular weight is 461 g/mol. The van der Waals surface area contributed by atoms with E-state index in [2.05, 4.69) is 60.3 Å². The smallest absolute Gasteiger partial charge is 0.261 e. The Morgan fingerprint density at radius 3 is 2.52 bits per heavy atom. The fourth-order valence-corrected chi connectivity index (χ4v) is 4.85. The molecule has 1 aliphatic heterocycles. The minimum atomic E-state index is -0.0530. The van der Waals surface area contributed by atoms with Gasteiger partial charge >= 0.3 is 0 Å². The molecule has 1 aliphatic rings. The predicted molar refractivity (Wildman–Crippen MR) is 139 cm³/mol. The maximum Gasteiger partial charge on any atom is 0.261 e. The maximum absolute atomic E-state index is 12.3. The fourth-order valence-electron chi connectivity index (χ4n) is 4.55. The molecule has 0 radical (unpaired) electrons. The second kappa shape index (κ2) is 9.52. The van der Waals surface area contributed by atoms with Gasteiger partial charge in [0.15, 0.2) is 0 Å². The molecule has 0 aliphatic carbocycles. The number of ether oxygens (including phenoxy) is 1. The monoisotopic (exact) mass is 460 g/mol. The van der Waals surface area contributed by atoms with Crippen LogP contribution in [0.2, 0.25) is 0 Å². The summed E-state index contributed by atoms with van der Waals surface area (Å²) in [6.45, 7) is 8.64. The standard InChI is InChI=1S/C28H32N2O2S/c1-18(2)32-24-12-9-19(10-13-24)20-7-6-8-21(15-20)26-28(3,4)17-23-16-22(27(31)30-33-5)11-14-25(23)29-26/h6-16,18,26,29H,17H2,1-5H3,(H,30,31). The van der Waals surface area contributed by atoms with Crippen molar-refractivity contribution in [1.82, 2.24) is 4.72 Å². The SMILES string of the molecule is CSNC(=O)c1ccc2c(c1)CC(C)(C)C(c1cccc(-c3ccc(OC(C)C)cc3)c1)N2. The number of amides is 1. The van der Waals surface area contributed by atoms with Crippen molar-refractivity contribution < 1.29 is 9.53 Å². The summed E-state index contributed by atoms with van der Waals surface area (Å²) in [5.41, 5.74) is 6.58. The van der Waals surface area contributed by atoms with E-state index in [-0.39, 0.29) is 23.5 Å². The highest BCUT2D eigenvalue weighted by molar-refractivity contribution is 7.97. The van der Waals surface area contributed by atoms with Gasteiger partial charge in [0.05, 0.1) is 12.1 Å². The molecule has 1 heterocycles. The van der Waals surface area contributed by atoms with Crippen LogP contribution in [0.4, 0.5) is 5.69 Å². The Labute approximate surface area is 201 Å². The van der Waals surface area contributed by atoms with Crippen LogP contribution in [0.1, 0.15) is 55.2 Å². The van der Waals surface area contributed by atoms with Gasteiger partial charge in [-0.05, 0) is 84.3 Å². The van der Waals surface area contributed by atoms with Crippen LogP contribution in [0.3, 0.4) is 0 Å². The van der Waals surface area contributed by atoms with E-state index in [4.69, 9.17) is 4.74 Å². The third kappa shape index (κ3) is 5.19. The van der Waals surface area contributed by atoms with Gasteiger partial charge in [-0.1, -0.05) is 56.1 Å². The van der Waals surface area contributed by atoms with E-state index in [0.29, 0.717) is 5.56 Å². The molecular formula is C28H32N2O2S. The van der Waals surface area contributed by atoms with Gasteiger partial charge in [0.25, 0.3) is 5.91 Å². The highest BCUT2D eigenvalue weighted by Gasteiger charge is 2.36. The second-order valence-electron chi connectivity index (χ2n) is 9.57. The van der Waals surface area contributed by atoms with E-state index in [1.807, 2.05) is 50.4 Å². The van der Waals surface area contributed by atoms with Gasteiger partial charge in [0, 0.05) is 17.5 Å². The van der Waals surface area contributed by atoms with Crippen molar-refractivity contribution in [2.75, 3.05) is 11.6 Å². The molecule has 0 saturated carbocycles. The van der Waals surface area contributed by atoms with E-state index in [0.717, 1.165) is 17.9 Å². The van der Waals surface area contributed by atoms with Gasteiger partial charge in [-0.2, -0.15) is 0 Å². The molecule has 5 heteroatoms. The van der Waals surface area contributed by atoms with Crippen LogP contribution < -0.4 is 14.8 Å². The number of carbonyl (C=O) groups is 1. The number of nitrogens with one attached hydrogen (secondary N) is 2. The number of hydrogen-bond donors (Lipinski definition) is 2. The second-order valence-corrected chi connectivity index (χ2v) is 10.2. The molecule has 1 atom stereocenters. The summed E-state index contributed by atoms with van der Waals surface area (Å²) in [7, 11) is 0. The molecule has 0 aromatic heterocycles. The van der Waals surface area contributed by atoms with Gasteiger partial charge in [-0.3, -0.25) is 9.52 Å². The summed E-state index contributed by atoms with van der Waals surface area (Å²) in [5.74, 6) is 0.838. The van der Waals surface area contributed by atoms with Gasteiger partial charge in [-0.15, -0.1) is 0 Å². The Hall–Kier alpha value is -2.92. The fraction of sp³-hybridized carbons (Fsp3) is 0.321. The normalized spacial score (nSPS) is 16.6. The molecule has 1 amide bonds. The summed E-state index contributed by atoms with van der Waals surface area (Å²) in [5, 5.41) is 3.75. The van der Waals surface area contributed by atoms with Crippen molar-refractivity contribution in [3.8, 4) is 16.9 Å². The number of benzene rings is 3. The van der Waals surface area contributed by atoms with Crippen molar-refractivity contribution >= 4 is 23.5 Å². The zero-order valence-corrected chi connectivity index (χ0v) is 20.8. The Morgan fingerprint density at radius 2 is 1.82 bits per heavy atom. The Balaban J connectivity index is 1.60. The number of fused-ring (bicyclic) bond motifs is 1. The third-order valence-electron chi connectivity index (χ3n) is 6.07. The van der Waals surface area contributed by atoms with Crippen LogP contribution in [0.5, 0.6) is 5.75 Å². The maximum atomic E-state index is 12.3. The first kappa shape index (κ1) is 23.2. The highest BCUT2D eigenvalue weighted by Crippen LogP contribution is 2.45. The summed E-state index contributed by atoms with van der Waals surface area (Å²) < 4.78 is 8.59. The molecule has 4 nitrogen and oxygen atoms in total. The highest BCUT2D eigenvalue weighted by atomic mass is 32.2. The number of hydrogen-bond acceptors (Lipinski definition) is 4. The van der Waals surface area contributed by atoms with Crippen molar-refractivity contribution in [1.29, 1.82) is 0 Å². The largest absolute Gasteiger partial charge is 0.491 e. The van der Waals surface area contributed by atoms with Gasteiger partial charge < -0.3 is 10.1 Å². The first-order valence-corrected chi connectivity index (χ1v) is 12.6. The van der Waals surface area contributed by atoms with E-state index in [1.54, 1.807) is 0 Å². The average Bonchev–Trinajstić information content (AvgIpc) is 2.78. The molecule has 0 spiro atoms. The topological polar surface area (TPSA) is 50.4 Å². The molecule has 0 saturated heterocycles.